The molecule has 0 spiro atoms. The maximum Gasteiger partial charge on any atom is 0.418 e. The summed E-state index contributed by atoms with van der Waals surface area (Å²) in [7, 11) is 0. The number of carboxylic acid groups (broad SMARTS) is 1. The van der Waals surface area contributed by atoms with Gasteiger partial charge in [0, 0.05) is 0 Å². The average molecular weight is 409 g/mol. The summed E-state index contributed by atoms with van der Waals surface area (Å²) >= 11 is 5.97. The third-order valence-electron chi connectivity index (χ3n) is 3.68. The fraction of sp³-hybridized carbons (Fsp3) is 0.0556. The molecule has 138 valence electrons. The third kappa shape index (κ3) is 3.88. The fourth-order valence-electron chi connectivity index (χ4n) is 2.50. The van der Waals surface area contributed by atoms with Crippen molar-refractivity contribution in [3.05, 3.63) is 70.1 Å². The molecule has 1 heterocycles. The second kappa shape index (κ2) is 7.16. The van der Waals surface area contributed by atoms with E-state index in [4.69, 9.17) is 17.3 Å². The standard InChI is InChI=1S/C18H10F3NO3S2/c19-18(20,21)12-6-1-2-7-13(12)22-15(23)14(27-17(22)26)9-10-4-3-5-11(8-10)16(24)25/h1-9H,(H,24,25). The van der Waals surface area contributed by atoms with Gasteiger partial charge in [-0.25, -0.2) is 4.79 Å². The number of halogens is 3. The van der Waals surface area contributed by atoms with Gasteiger partial charge >= 0.3 is 12.1 Å². The Morgan fingerprint density at radius 1 is 1.15 bits per heavy atom. The lowest BCUT2D eigenvalue weighted by Crippen LogP contribution is -2.29. The number of thioether (sulfide) groups is 1. The Morgan fingerprint density at radius 2 is 1.85 bits per heavy atom. The Labute approximate surface area is 161 Å². The van der Waals surface area contributed by atoms with Gasteiger partial charge in [0.15, 0.2) is 4.32 Å². The van der Waals surface area contributed by atoms with Crippen LogP contribution < -0.4 is 4.90 Å². The van der Waals surface area contributed by atoms with Gasteiger partial charge in [-0.2, -0.15) is 13.2 Å². The Kier molecular flexibility index (Phi) is 5.07. The molecule has 1 saturated heterocycles. The van der Waals surface area contributed by atoms with Crippen molar-refractivity contribution in [1.82, 2.24) is 0 Å². The minimum absolute atomic E-state index is 0.0293. The van der Waals surface area contributed by atoms with Gasteiger partial charge < -0.3 is 5.11 Å². The average Bonchev–Trinajstić information content (AvgIpc) is 2.88. The molecule has 9 heteroatoms. The highest BCUT2D eigenvalue weighted by Gasteiger charge is 2.40. The monoisotopic (exact) mass is 409 g/mol. The summed E-state index contributed by atoms with van der Waals surface area (Å²) in [6.45, 7) is 0. The molecule has 1 N–H and O–H groups in total. The number of thiocarbonyl (C=S) groups is 1. The summed E-state index contributed by atoms with van der Waals surface area (Å²) in [5.74, 6) is -1.82. The second-order valence-corrected chi connectivity index (χ2v) is 7.14. The van der Waals surface area contributed by atoms with Gasteiger partial charge in [-0.15, -0.1) is 0 Å². The fourth-order valence-corrected chi connectivity index (χ4v) is 3.78. The molecule has 3 rings (SSSR count). The zero-order valence-corrected chi connectivity index (χ0v) is 15.0. The molecule has 4 nitrogen and oxygen atoms in total. The molecule has 1 aliphatic heterocycles. The predicted octanol–water partition coefficient (Wildman–Crippen LogP) is 4.81. The lowest BCUT2D eigenvalue weighted by molar-refractivity contribution is -0.137. The van der Waals surface area contributed by atoms with Gasteiger partial charge in [0.2, 0.25) is 0 Å². The largest absolute Gasteiger partial charge is 0.478 e. The van der Waals surface area contributed by atoms with Gasteiger partial charge in [-0.3, -0.25) is 9.69 Å². The zero-order chi connectivity index (χ0) is 19.8. The van der Waals surface area contributed by atoms with E-state index in [1.807, 2.05) is 0 Å². The summed E-state index contributed by atoms with van der Waals surface area (Å²) < 4.78 is 39.8. The number of alkyl halides is 3. The number of anilines is 1. The van der Waals surface area contributed by atoms with Crippen molar-refractivity contribution in [2.24, 2.45) is 0 Å². The SMILES string of the molecule is O=C(O)c1cccc(C=C2SC(=S)N(c3ccccc3C(F)(F)F)C2=O)c1. The molecule has 27 heavy (non-hydrogen) atoms. The van der Waals surface area contributed by atoms with Crippen LogP contribution in [0.2, 0.25) is 0 Å². The lowest BCUT2D eigenvalue weighted by atomic mass is 10.1. The van der Waals surface area contributed by atoms with Crippen LogP contribution in [-0.4, -0.2) is 21.3 Å². The molecule has 0 saturated carbocycles. The number of carboxylic acids is 1. The maximum atomic E-state index is 13.3. The van der Waals surface area contributed by atoms with Crippen molar-refractivity contribution >= 4 is 51.9 Å². The first-order valence-corrected chi connectivity index (χ1v) is 8.68. The van der Waals surface area contributed by atoms with Gasteiger partial charge in [-0.05, 0) is 35.9 Å². The molecule has 0 aromatic heterocycles. The highest BCUT2D eigenvalue weighted by Crippen LogP contribution is 2.42. The van der Waals surface area contributed by atoms with Gasteiger partial charge in [0.05, 0.1) is 21.7 Å². The maximum absolute atomic E-state index is 13.3. The summed E-state index contributed by atoms with van der Waals surface area (Å²) in [6, 6.07) is 10.5. The Hall–Kier alpha value is -2.65. The molecular weight excluding hydrogens is 399 g/mol. The first-order valence-electron chi connectivity index (χ1n) is 7.46. The topological polar surface area (TPSA) is 57.6 Å². The summed E-state index contributed by atoms with van der Waals surface area (Å²) in [5.41, 5.74) is -0.841. The van der Waals surface area contributed by atoms with Crippen LogP contribution in [0.15, 0.2) is 53.4 Å². The van der Waals surface area contributed by atoms with Gasteiger partial charge in [0.1, 0.15) is 0 Å². The number of aromatic carboxylic acids is 1. The predicted molar refractivity (Wildman–Crippen MR) is 100 cm³/mol. The number of benzene rings is 2. The summed E-state index contributed by atoms with van der Waals surface area (Å²) in [5, 5.41) is 9.03. The van der Waals surface area contributed by atoms with Crippen molar-refractivity contribution in [3.63, 3.8) is 0 Å². The minimum Gasteiger partial charge on any atom is -0.478 e. The number of hydrogen-bond donors (Lipinski definition) is 1. The van der Waals surface area contributed by atoms with Crippen LogP contribution in [0.4, 0.5) is 18.9 Å². The van der Waals surface area contributed by atoms with Crippen molar-refractivity contribution in [3.8, 4) is 0 Å². The van der Waals surface area contributed by atoms with E-state index in [0.717, 1.165) is 22.7 Å². The van der Waals surface area contributed by atoms with E-state index >= 15 is 0 Å². The smallest absolute Gasteiger partial charge is 0.418 e. The normalized spacial score (nSPS) is 16.3. The Bertz CT molecular complexity index is 986. The Balaban J connectivity index is 2.00. The number of carbonyl (C=O) groups excluding carboxylic acids is 1. The van der Waals surface area contributed by atoms with Gasteiger partial charge in [-0.1, -0.05) is 48.2 Å². The van der Waals surface area contributed by atoms with E-state index in [1.165, 1.54) is 42.5 Å². The number of para-hydroxylation sites is 1. The van der Waals surface area contributed by atoms with Crippen LogP contribution >= 0.6 is 24.0 Å². The van der Waals surface area contributed by atoms with E-state index in [9.17, 15) is 22.8 Å². The van der Waals surface area contributed by atoms with Crippen molar-refractivity contribution in [2.45, 2.75) is 6.18 Å². The van der Waals surface area contributed by atoms with E-state index in [-0.39, 0.29) is 20.5 Å². The van der Waals surface area contributed by atoms with Crippen molar-refractivity contribution < 1.29 is 27.9 Å². The number of rotatable bonds is 3. The van der Waals surface area contributed by atoms with E-state index in [1.54, 1.807) is 6.07 Å². The highest BCUT2D eigenvalue weighted by atomic mass is 32.2. The molecule has 0 atom stereocenters. The zero-order valence-electron chi connectivity index (χ0n) is 13.4. The molecule has 1 aliphatic rings. The van der Waals surface area contributed by atoms with E-state index in [0.29, 0.717) is 5.56 Å². The summed E-state index contributed by atoms with van der Waals surface area (Å²) in [6.07, 6.45) is -3.23. The third-order valence-corrected chi connectivity index (χ3v) is 4.98. The summed E-state index contributed by atoms with van der Waals surface area (Å²) in [4.78, 5) is 24.7. The van der Waals surface area contributed by atoms with E-state index in [2.05, 4.69) is 0 Å². The first kappa shape index (κ1) is 19.1. The molecule has 0 radical (unpaired) electrons. The molecule has 1 amide bonds. The molecule has 2 aromatic rings. The van der Waals surface area contributed by atoms with Gasteiger partial charge in [0.25, 0.3) is 5.91 Å². The minimum atomic E-state index is -4.64. The quantitative estimate of drug-likeness (QED) is 0.583. The highest BCUT2D eigenvalue weighted by molar-refractivity contribution is 8.27. The molecule has 0 bridgehead atoms. The molecular formula is C18H10F3NO3S2. The van der Waals surface area contributed by atoms with Crippen LogP contribution in [-0.2, 0) is 11.0 Å². The van der Waals surface area contributed by atoms with Crippen molar-refractivity contribution in [1.29, 1.82) is 0 Å². The first-order chi connectivity index (χ1) is 12.7. The van der Waals surface area contributed by atoms with Crippen LogP contribution in [0, 0.1) is 0 Å². The van der Waals surface area contributed by atoms with Crippen LogP contribution in [0.3, 0.4) is 0 Å². The van der Waals surface area contributed by atoms with Crippen LogP contribution in [0.5, 0.6) is 0 Å². The van der Waals surface area contributed by atoms with Crippen LogP contribution in [0.1, 0.15) is 21.5 Å². The number of carbonyl (C=O) groups is 2. The lowest BCUT2D eigenvalue weighted by Gasteiger charge is -2.20. The van der Waals surface area contributed by atoms with Crippen molar-refractivity contribution in [2.75, 3.05) is 4.90 Å². The molecule has 2 aromatic carbocycles. The van der Waals surface area contributed by atoms with Crippen LogP contribution in [0.25, 0.3) is 6.08 Å². The number of amides is 1. The molecule has 1 fully saturated rings. The number of nitrogens with zero attached hydrogens (tertiary/aromatic N) is 1. The number of hydrogen-bond acceptors (Lipinski definition) is 4. The molecule has 0 aliphatic carbocycles. The van der Waals surface area contributed by atoms with E-state index < -0.39 is 23.6 Å². The Morgan fingerprint density at radius 3 is 2.52 bits per heavy atom. The second-order valence-electron chi connectivity index (χ2n) is 5.46. The molecule has 0 unspecified atom stereocenters.